The van der Waals surface area contributed by atoms with Crippen molar-refractivity contribution < 1.29 is 8.42 Å². The number of anilines is 3. The molecule has 1 fully saturated rings. The third kappa shape index (κ3) is 4.86. The van der Waals surface area contributed by atoms with Crippen LogP contribution in [0.4, 0.5) is 17.6 Å². The van der Waals surface area contributed by atoms with Crippen molar-refractivity contribution in [1.29, 1.82) is 0 Å². The lowest BCUT2D eigenvalue weighted by Crippen LogP contribution is -2.27. The van der Waals surface area contributed by atoms with E-state index in [0.717, 1.165) is 18.5 Å². The maximum absolute atomic E-state index is 12.6. The number of pyridine rings is 1. The van der Waals surface area contributed by atoms with Crippen LogP contribution in [0.2, 0.25) is 0 Å². The molecule has 0 unspecified atom stereocenters. The van der Waals surface area contributed by atoms with Gasteiger partial charge in [0.05, 0.1) is 10.8 Å². The number of nitrogens with one attached hydrogen (secondary N) is 1. The molecule has 0 saturated carbocycles. The van der Waals surface area contributed by atoms with Crippen molar-refractivity contribution in [3.8, 4) is 0 Å². The fourth-order valence-corrected chi connectivity index (χ4v) is 5.19. The summed E-state index contributed by atoms with van der Waals surface area (Å²) in [5, 5.41) is 3.77. The second-order valence-electron chi connectivity index (χ2n) is 6.66. The summed E-state index contributed by atoms with van der Waals surface area (Å²) in [7, 11) is -3.46. The van der Waals surface area contributed by atoms with Gasteiger partial charge in [-0.05, 0) is 37.1 Å². The first-order valence-corrected chi connectivity index (χ1v) is 11.8. The van der Waals surface area contributed by atoms with Crippen molar-refractivity contribution in [2.75, 3.05) is 24.1 Å². The number of sulfonamides is 1. The Bertz CT molecular complexity index is 1100. The molecule has 9 nitrogen and oxygen atoms in total. The molecule has 0 aliphatic carbocycles. The molecule has 3 aromatic rings. The molecule has 11 heteroatoms. The molecular weight excluding hydrogens is 422 g/mol. The van der Waals surface area contributed by atoms with Crippen molar-refractivity contribution >= 4 is 39.4 Å². The highest BCUT2D eigenvalue weighted by Gasteiger charge is 2.27. The first kappa shape index (κ1) is 20.5. The van der Waals surface area contributed by atoms with Crippen LogP contribution in [0, 0.1) is 0 Å². The zero-order valence-electron chi connectivity index (χ0n) is 16.1. The monoisotopic (exact) mass is 443 g/mol. The van der Waals surface area contributed by atoms with E-state index in [1.165, 1.54) is 22.3 Å². The molecular formula is C19H21N7O2S2. The van der Waals surface area contributed by atoms with Gasteiger partial charge in [0.1, 0.15) is 10.7 Å². The normalized spacial score (nSPS) is 14.7. The van der Waals surface area contributed by atoms with Crippen molar-refractivity contribution in [3.05, 3.63) is 54.5 Å². The van der Waals surface area contributed by atoms with E-state index in [1.54, 1.807) is 12.1 Å². The van der Waals surface area contributed by atoms with Gasteiger partial charge in [-0.2, -0.15) is 19.3 Å². The third-order valence-corrected chi connectivity index (χ3v) is 7.31. The fraction of sp³-hybridized carbons (Fsp3) is 0.263. The average Bonchev–Trinajstić information content (AvgIpc) is 3.29. The van der Waals surface area contributed by atoms with Gasteiger partial charge in [-0.1, -0.05) is 30.0 Å². The van der Waals surface area contributed by atoms with Gasteiger partial charge in [0.25, 0.3) is 0 Å². The van der Waals surface area contributed by atoms with Crippen LogP contribution < -0.4 is 11.1 Å². The van der Waals surface area contributed by atoms with Crippen LogP contribution in [-0.2, 0) is 15.8 Å². The van der Waals surface area contributed by atoms with Crippen molar-refractivity contribution in [2.24, 2.45) is 0 Å². The molecule has 3 N–H and O–H groups in total. The van der Waals surface area contributed by atoms with E-state index in [1.807, 2.05) is 30.3 Å². The van der Waals surface area contributed by atoms with E-state index in [2.05, 4.69) is 25.3 Å². The second kappa shape index (κ2) is 8.94. The van der Waals surface area contributed by atoms with Crippen LogP contribution in [0.1, 0.15) is 18.7 Å². The summed E-state index contributed by atoms with van der Waals surface area (Å²) in [6.45, 7) is 1.14. The van der Waals surface area contributed by atoms with Crippen molar-refractivity contribution in [3.63, 3.8) is 0 Å². The van der Waals surface area contributed by atoms with Crippen LogP contribution >= 0.6 is 11.8 Å². The molecule has 0 spiro atoms. The summed E-state index contributed by atoms with van der Waals surface area (Å²) in [5.74, 6) is 1.41. The van der Waals surface area contributed by atoms with Gasteiger partial charge in [0.15, 0.2) is 0 Å². The van der Waals surface area contributed by atoms with E-state index < -0.39 is 10.0 Å². The minimum atomic E-state index is -3.46. The highest BCUT2D eigenvalue weighted by Crippen LogP contribution is 2.24. The molecule has 0 atom stereocenters. The molecule has 0 amide bonds. The van der Waals surface area contributed by atoms with Crippen LogP contribution in [-0.4, -0.2) is 45.7 Å². The van der Waals surface area contributed by atoms with E-state index in [-0.39, 0.29) is 10.8 Å². The minimum Gasteiger partial charge on any atom is -0.368 e. The van der Waals surface area contributed by atoms with Crippen LogP contribution in [0.15, 0.2) is 58.6 Å². The van der Waals surface area contributed by atoms with E-state index in [9.17, 15) is 8.42 Å². The van der Waals surface area contributed by atoms with Crippen LogP contribution in [0.25, 0.3) is 0 Å². The Morgan fingerprint density at radius 3 is 2.50 bits per heavy atom. The van der Waals surface area contributed by atoms with E-state index in [0.29, 0.717) is 35.6 Å². The number of aromatic nitrogens is 4. The largest absolute Gasteiger partial charge is 0.368 e. The van der Waals surface area contributed by atoms with Crippen molar-refractivity contribution in [2.45, 2.75) is 28.5 Å². The number of nitrogen functional groups attached to an aromatic ring is 1. The molecule has 3 heterocycles. The minimum absolute atomic E-state index is 0.124. The summed E-state index contributed by atoms with van der Waals surface area (Å²) in [5.41, 5.74) is 6.66. The SMILES string of the molecule is Nc1nc(CSc2ccc(S(=O)(=O)N3CCCC3)cn2)nc(Nc2ccccc2)n1. The van der Waals surface area contributed by atoms with Gasteiger partial charge in [-0.3, -0.25) is 0 Å². The Labute approximate surface area is 179 Å². The maximum Gasteiger partial charge on any atom is 0.244 e. The number of hydrogen-bond acceptors (Lipinski definition) is 9. The molecule has 30 heavy (non-hydrogen) atoms. The van der Waals surface area contributed by atoms with Gasteiger partial charge in [0, 0.05) is 25.0 Å². The molecule has 2 aromatic heterocycles. The first-order chi connectivity index (χ1) is 14.5. The van der Waals surface area contributed by atoms with Gasteiger partial charge >= 0.3 is 0 Å². The predicted octanol–water partition coefficient (Wildman–Crippen LogP) is 2.67. The second-order valence-corrected chi connectivity index (χ2v) is 9.59. The first-order valence-electron chi connectivity index (χ1n) is 9.42. The number of rotatable bonds is 7. The Morgan fingerprint density at radius 2 is 1.80 bits per heavy atom. The number of nitrogens with two attached hydrogens (primary N) is 1. The third-order valence-electron chi connectivity index (χ3n) is 4.49. The highest BCUT2D eigenvalue weighted by atomic mass is 32.2. The summed E-state index contributed by atoms with van der Waals surface area (Å²) >= 11 is 1.39. The summed E-state index contributed by atoms with van der Waals surface area (Å²) in [4.78, 5) is 17.2. The molecule has 1 aromatic carbocycles. The topological polar surface area (TPSA) is 127 Å². The van der Waals surface area contributed by atoms with E-state index >= 15 is 0 Å². The van der Waals surface area contributed by atoms with Crippen molar-refractivity contribution in [1.82, 2.24) is 24.2 Å². The zero-order chi connectivity index (χ0) is 21.0. The zero-order valence-corrected chi connectivity index (χ0v) is 17.7. The number of para-hydroxylation sites is 1. The molecule has 4 rings (SSSR count). The number of hydrogen-bond donors (Lipinski definition) is 2. The quantitative estimate of drug-likeness (QED) is 0.530. The molecule has 1 aliphatic heterocycles. The Hall–Kier alpha value is -2.76. The lowest BCUT2D eigenvalue weighted by atomic mass is 10.3. The summed E-state index contributed by atoms with van der Waals surface area (Å²) < 4.78 is 26.7. The smallest absolute Gasteiger partial charge is 0.244 e. The summed E-state index contributed by atoms with van der Waals surface area (Å²) in [6.07, 6.45) is 3.20. The van der Waals surface area contributed by atoms with Gasteiger partial charge in [0.2, 0.25) is 21.9 Å². The number of thioether (sulfide) groups is 1. The lowest BCUT2D eigenvalue weighted by Gasteiger charge is -2.15. The van der Waals surface area contributed by atoms with Gasteiger partial charge in [-0.15, -0.1) is 0 Å². The number of benzene rings is 1. The molecule has 1 saturated heterocycles. The van der Waals surface area contributed by atoms with Gasteiger partial charge in [-0.25, -0.2) is 13.4 Å². The standard InChI is InChI=1S/C19H21N7O2S2/c20-18-23-16(24-19(25-18)22-14-6-2-1-3-7-14)13-29-17-9-8-15(12-21-17)30(27,28)26-10-4-5-11-26/h1-3,6-9,12H,4-5,10-11,13H2,(H3,20,22,23,24,25). The Morgan fingerprint density at radius 1 is 1.03 bits per heavy atom. The number of nitrogens with zero attached hydrogens (tertiary/aromatic N) is 5. The van der Waals surface area contributed by atoms with Crippen LogP contribution in [0.5, 0.6) is 0 Å². The van der Waals surface area contributed by atoms with E-state index in [4.69, 9.17) is 5.73 Å². The predicted molar refractivity (Wildman–Crippen MR) is 116 cm³/mol. The Kier molecular flexibility index (Phi) is 6.11. The lowest BCUT2D eigenvalue weighted by molar-refractivity contribution is 0.477. The molecule has 156 valence electrons. The molecule has 0 radical (unpaired) electrons. The van der Waals surface area contributed by atoms with Crippen LogP contribution in [0.3, 0.4) is 0 Å². The summed E-state index contributed by atoms with van der Waals surface area (Å²) in [6, 6.07) is 12.8. The fourth-order valence-electron chi connectivity index (χ4n) is 3.03. The maximum atomic E-state index is 12.6. The molecule has 1 aliphatic rings. The average molecular weight is 444 g/mol. The highest BCUT2D eigenvalue weighted by molar-refractivity contribution is 7.98. The van der Waals surface area contributed by atoms with Gasteiger partial charge < -0.3 is 11.1 Å². The Balaban J connectivity index is 1.42. The molecule has 0 bridgehead atoms.